The van der Waals surface area contributed by atoms with Gasteiger partial charge in [0.05, 0.1) is 22.3 Å². The average Bonchev–Trinajstić information content (AvgIpc) is 2.73. The molecule has 0 N–H and O–H groups in total. The van der Waals surface area contributed by atoms with Crippen LogP contribution in [0.5, 0.6) is 0 Å². The first-order valence-corrected chi connectivity index (χ1v) is 10.7. The van der Waals surface area contributed by atoms with Crippen molar-refractivity contribution in [1.29, 1.82) is 0 Å². The van der Waals surface area contributed by atoms with Crippen molar-refractivity contribution in [3.05, 3.63) is 64.7 Å². The van der Waals surface area contributed by atoms with E-state index in [1.807, 2.05) is 4.90 Å². The number of amides is 1. The zero-order valence-electron chi connectivity index (χ0n) is 16.2. The van der Waals surface area contributed by atoms with Crippen LogP contribution in [0.1, 0.15) is 19.8 Å². The predicted octanol–water partition coefficient (Wildman–Crippen LogP) is 3.88. The van der Waals surface area contributed by atoms with Gasteiger partial charge in [-0.15, -0.1) is 0 Å². The number of benzene rings is 2. The van der Waals surface area contributed by atoms with Crippen LogP contribution in [0.2, 0.25) is 0 Å². The molecule has 3 aromatic rings. The Morgan fingerprint density at radius 3 is 2.76 bits per heavy atom. The molecule has 1 atom stereocenters. The minimum atomic E-state index is -0.510. The third-order valence-electron chi connectivity index (χ3n) is 5.17. The molecule has 5 nitrogen and oxygen atoms in total. The van der Waals surface area contributed by atoms with E-state index >= 15 is 0 Å². The van der Waals surface area contributed by atoms with Gasteiger partial charge in [-0.1, -0.05) is 43.0 Å². The molecule has 0 radical (unpaired) electrons. The van der Waals surface area contributed by atoms with E-state index in [4.69, 9.17) is 0 Å². The van der Waals surface area contributed by atoms with Crippen LogP contribution in [0.3, 0.4) is 0 Å². The lowest BCUT2D eigenvalue weighted by atomic mass is 10.0. The van der Waals surface area contributed by atoms with E-state index in [1.165, 1.54) is 22.4 Å². The third kappa shape index (κ3) is 4.05. The highest BCUT2D eigenvalue weighted by Gasteiger charge is 2.22. The van der Waals surface area contributed by atoms with Gasteiger partial charge in [-0.05, 0) is 43.0 Å². The number of carbonyl (C=O) groups is 1. The van der Waals surface area contributed by atoms with E-state index in [1.54, 1.807) is 42.5 Å². The van der Waals surface area contributed by atoms with Crippen molar-refractivity contribution in [1.82, 2.24) is 14.5 Å². The number of nitrogens with zero attached hydrogens (tertiary/aromatic N) is 3. The number of piperidine rings is 1. The molecule has 1 unspecified atom stereocenters. The number of carbonyl (C=O) groups excluding carboxylic acids is 1. The number of rotatable bonds is 4. The molecule has 29 heavy (non-hydrogen) atoms. The molecule has 2 aromatic carbocycles. The Balaban J connectivity index is 1.71. The maximum atomic E-state index is 14.5. The first kappa shape index (κ1) is 19.6. The molecule has 150 valence electrons. The molecule has 1 amide bonds. The summed E-state index contributed by atoms with van der Waals surface area (Å²) in [5.74, 6) is 0.160. The molecule has 4 rings (SSSR count). The molecule has 1 aliphatic rings. The van der Waals surface area contributed by atoms with Gasteiger partial charge in [0.1, 0.15) is 5.82 Å². The number of aromatic nitrogens is 2. The van der Waals surface area contributed by atoms with E-state index < -0.39 is 5.82 Å². The summed E-state index contributed by atoms with van der Waals surface area (Å²) in [7, 11) is 0. The topological polar surface area (TPSA) is 55.2 Å². The number of hydrogen-bond donors (Lipinski definition) is 0. The van der Waals surface area contributed by atoms with Crippen molar-refractivity contribution < 1.29 is 9.18 Å². The maximum Gasteiger partial charge on any atom is 0.266 e. The standard InChI is InChI=1S/C22H22FN3O2S/c1-15-7-6-12-25(13-15)20(27)14-29-22-24-18-10-4-2-8-16(18)21(28)26(22)19-11-5-3-9-17(19)23/h2-5,8-11,15H,6-7,12-14H2,1H3. The summed E-state index contributed by atoms with van der Waals surface area (Å²) in [6, 6.07) is 13.1. The van der Waals surface area contributed by atoms with E-state index in [-0.39, 0.29) is 22.9 Å². The van der Waals surface area contributed by atoms with Gasteiger partial charge in [0, 0.05) is 13.1 Å². The average molecular weight is 412 g/mol. The Labute approximate surface area is 172 Å². The molecular formula is C22H22FN3O2S. The second-order valence-corrected chi connectivity index (χ2v) is 8.32. The number of thioether (sulfide) groups is 1. The molecular weight excluding hydrogens is 389 g/mol. The first-order chi connectivity index (χ1) is 14.0. The summed E-state index contributed by atoms with van der Waals surface area (Å²) in [6.45, 7) is 3.66. The summed E-state index contributed by atoms with van der Waals surface area (Å²) in [6.07, 6.45) is 2.14. The van der Waals surface area contributed by atoms with Gasteiger partial charge in [-0.2, -0.15) is 0 Å². The lowest BCUT2D eigenvalue weighted by Crippen LogP contribution is -2.40. The Kier molecular flexibility index (Phi) is 5.67. The summed E-state index contributed by atoms with van der Waals surface area (Å²) >= 11 is 1.18. The number of fused-ring (bicyclic) bond motifs is 1. The lowest BCUT2D eigenvalue weighted by molar-refractivity contribution is -0.130. The van der Waals surface area contributed by atoms with Crippen LogP contribution in [-0.2, 0) is 4.79 Å². The van der Waals surface area contributed by atoms with Crippen molar-refractivity contribution in [3.63, 3.8) is 0 Å². The van der Waals surface area contributed by atoms with Crippen LogP contribution in [0.4, 0.5) is 4.39 Å². The number of halogens is 1. The van der Waals surface area contributed by atoms with Crippen LogP contribution >= 0.6 is 11.8 Å². The van der Waals surface area contributed by atoms with Crippen LogP contribution in [0, 0.1) is 11.7 Å². The minimum Gasteiger partial charge on any atom is -0.342 e. The quantitative estimate of drug-likeness (QED) is 0.483. The number of hydrogen-bond acceptors (Lipinski definition) is 4. The molecule has 1 fully saturated rings. The molecule has 7 heteroatoms. The summed E-state index contributed by atoms with van der Waals surface area (Å²) in [5.41, 5.74) is 0.325. The van der Waals surface area contributed by atoms with Gasteiger partial charge in [-0.3, -0.25) is 14.2 Å². The zero-order chi connectivity index (χ0) is 20.4. The Morgan fingerprint density at radius 1 is 1.21 bits per heavy atom. The highest BCUT2D eigenvalue weighted by molar-refractivity contribution is 7.99. The molecule has 1 aromatic heterocycles. The van der Waals surface area contributed by atoms with Crippen molar-refractivity contribution in [2.45, 2.75) is 24.9 Å². The highest BCUT2D eigenvalue weighted by atomic mass is 32.2. The summed E-state index contributed by atoms with van der Waals surface area (Å²) in [4.78, 5) is 32.3. The maximum absolute atomic E-state index is 14.5. The van der Waals surface area contributed by atoms with Crippen molar-refractivity contribution in [2.75, 3.05) is 18.8 Å². The Hall–Kier alpha value is -2.67. The van der Waals surface area contributed by atoms with Crippen molar-refractivity contribution in [3.8, 4) is 5.69 Å². The highest BCUT2D eigenvalue weighted by Crippen LogP contribution is 2.24. The fourth-order valence-corrected chi connectivity index (χ4v) is 4.60. The molecule has 1 aliphatic heterocycles. The Morgan fingerprint density at radius 2 is 1.97 bits per heavy atom. The zero-order valence-corrected chi connectivity index (χ0v) is 17.0. The lowest BCUT2D eigenvalue weighted by Gasteiger charge is -2.30. The van der Waals surface area contributed by atoms with Crippen molar-refractivity contribution in [2.24, 2.45) is 5.92 Å². The molecule has 1 saturated heterocycles. The van der Waals surface area contributed by atoms with Gasteiger partial charge in [0.15, 0.2) is 5.16 Å². The molecule has 0 saturated carbocycles. The largest absolute Gasteiger partial charge is 0.342 e. The number of likely N-dealkylation sites (tertiary alicyclic amines) is 1. The third-order valence-corrected chi connectivity index (χ3v) is 6.10. The molecule has 2 heterocycles. The Bertz CT molecular complexity index is 1110. The van der Waals surface area contributed by atoms with Gasteiger partial charge in [-0.25, -0.2) is 9.37 Å². The van der Waals surface area contributed by atoms with Gasteiger partial charge >= 0.3 is 0 Å². The van der Waals surface area contributed by atoms with Crippen molar-refractivity contribution >= 4 is 28.6 Å². The van der Waals surface area contributed by atoms with Crippen LogP contribution in [-0.4, -0.2) is 39.2 Å². The molecule has 0 aliphatic carbocycles. The van der Waals surface area contributed by atoms with Gasteiger partial charge < -0.3 is 4.90 Å². The summed E-state index contributed by atoms with van der Waals surface area (Å²) in [5, 5.41) is 0.730. The SMILES string of the molecule is CC1CCCN(C(=O)CSc2nc3ccccc3c(=O)n2-c2ccccc2F)C1. The van der Waals surface area contributed by atoms with Crippen LogP contribution in [0.15, 0.2) is 58.5 Å². The van der Waals surface area contributed by atoms with Crippen LogP contribution < -0.4 is 5.56 Å². The minimum absolute atomic E-state index is 0.0176. The monoisotopic (exact) mass is 411 g/mol. The van der Waals surface area contributed by atoms with E-state index in [0.29, 0.717) is 22.0 Å². The number of para-hydroxylation sites is 2. The molecule has 0 spiro atoms. The van der Waals surface area contributed by atoms with Gasteiger partial charge in [0.2, 0.25) is 5.91 Å². The van der Waals surface area contributed by atoms with Crippen LogP contribution in [0.25, 0.3) is 16.6 Å². The second-order valence-electron chi connectivity index (χ2n) is 7.38. The predicted molar refractivity (Wildman–Crippen MR) is 113 cm³/mol. The fourth-order valence-electron chi connectivity index (χ4n) is 3.69. The molecule has 0 bridgehead atoms. The summed E-state index contributed by atoms with van der Waals surface area (Å²) < 4.78 is 15.8. The second kappa shape index (κ2) is 8.37. The fraction of sp³-hybridized carbons (Fsp3) is 0.318. The smallest absolute Gasteiger partial charge is 0.266 e. The van der Waals surface area contributed by atoms with Gasteiger partial charge in [0.25, 0.3) is 5.56 Å². The normalized spacial score (nSPS) is 16.9. The van der Waals surface area contributed by atoms with E-state index in [2.05, 4.69) is 11.9 Å². The first-order valence-electron chi connectivity index (χ1n) is 9.72. The van der Waals surface area contributed by atoms with E-state index in [9.17, 15) is 14.0 Å². The van der Waals surface area contributed by atoms with E-state index in [0.717, 1.165) is 25.9 Å².